The number of tetrazole rings is 1. The average Bonchev–Trinajstić information content (AvgIpc) is 3.01. The number of para-hydroxylation sites is 1. The van der Waals surface area contributed by atoms with E-state index < -0.39 is 11.9 Å². The number of aromatic nitrogens is 4. The number of amides is 3. The van der Waals surface area contributed by atoms with Gasteiger partial charge in [0.25, 0.3) is 0 Å². The highest BCUT2D eigenvalue weighted by atomic mass is 32.2. The van der Waals surface area contributed by atoms with Crippen LogP contribution in [0.4, 0.5) is 4.79 Å². The van der Waals surface area contributed by atoms with Crippen LogP contribution in [0.2, 0.25) is 0 Å². The van der Waals surface area contributed by atoms with E-state index in [1.807, 2.05) is 45.0 Å². The van der Waals surface area contributed by atoms with E-state index in [2.05, 4.69) is 26.2 Å². The van der Waals surface area contributed by atoms with Crippen molar-refractivity contribution in [2.75, 3.05) is 5.75 Å². The first-order chi connectivity index (χ1) is 11.5. The van der Waals surface area contributed by atoms with Gasteiger partial charge in [0.1, 0.15) is 0 Å². The van der Waals surface area contributed by atoms with Crippen molar-refractivity contribution in [1.82, 2.24) is 30.8 Å². The Balaban J connectivity index is 1.94. The highest BCUT2D eigenvalue weighted by Crippen LogP contribution is 2.20. The van der Waals surface area contributed by atoms with Gasteiger partial charge in [0.05, 0.1) is 11.4 Å². The number of nitrogens with one attached hydrogen (secondary N) is 2. The van der Waals surface area contributed by atoms with Crippen LogP contribution >= 0.6 is 11.8 Å². The van der Waals surface area contributed by atoms with E-state index in [0.29, 0.717) is 5.16 Å². The van der Waals surface area contributed by atoms with Crippen LogP contribution in [0.1, 0.15) is 25.8 Å². The van der Waals surface area contributed by atoms with E-state index in [1.54, 1.807) is 4.68 Å². The zero-order chi connectivity index (χ0) is 17.5. The van der Waals surface area contributed by atoms with Crippen molar-refractivity contribution in [3.63, 3.8) is 0 Å². The molecule has 128 valence electrons. The minimum atomic E-state index is -0.492. The molecule has 0 spiro atoms. The Kier molecular flexibility index (Phi) is 6.30. The normalized spacial score (nSPS) is 11.8. The monoisotopic (exact) mass is 348 g/mol. The average molecular weight is 348 g/mol. The molecule has 0 saturated heterocycles. The summed E-state index contributed by atoms with van der Waals surface area (Å²) >= 11 is 1.17. The summed E-state index contributed by atoms with van der Waals surface area (Å²) in [5.74, 6) is -0.361. The van der Waals surface area contributed by atoms with Crippen molar-refractivity contribution >= 4 is 23.7 Å². The first kappa shape index (κ1) is 17.9. The summed E-state index contributed by atoms with van der Waals surface area (Å²) in [5.41, 5.74) is 1.86. The molecule has 0 saturated carbocycles. The number of urea groups is 1. The molecule has 1 aromatic carbocycles. The zero-order valence-corrected chi connectivity index (χ0v) is 14.6. The van der Waals surface area contributed by atoms with Crippen LogP contribution in [0.25, 0.3) is 5.69 Å². The van der Waals surface area contributed by atoms with Crippen LogP contribution in [0.15, 0.2) is 29.4 Å². The van der Waals surface area contributed by atoms with Crippen LogP contribution in [0.5, 0.6) is 0 Å². The number of hydrogen-bond donors (Lipinski definition) is 2. The number of nitrogens with zero attached hydrogens (tertiary/aromatic N) is 4. The molecule has 3 amide bonds. The van der Waals surface area contributed by atoms with Gasteiger partial charge in [0.2, 0.25) is 11.1 Å². The minimum Gasteiger partial charge on any atom is -0.335 e. The summed E-state index contributed by atoms with van der Waals surface area (Å²) in [7, 11) is 0. The minimum absolute atomic E-state index is 0.0128. The molecular weight excluding hydrogens is 328 g/mol. The number of aryl methyl sites for hydroxylation is 1. The van der Waals surface area contributed by atoms with Gasteiger partial charge in [0.15, 0.2) is 0 Å². The van der Waals surface area contributed by atoms with Crippen molar-refractivity contribution < 1.29 is 9.59 Å². The van der Waals surface area contributed by atoms with Crippen LogP contribution in [-0.4, -0.2) is 43.9 Å². The Labute approximate surface area is 144 Å². The lowest BCUT2D eigenvalue weighted by Crippen LogP contribution is -2.43. The first-order valence-corrected chi connectivity index (χ1v) is 8.57. The number of carbonyl (C=O) groups excluding carboxylic acids is 2. The predicted molar refractivity (Wildman–Crippen MR) is 91.0 cm³/mol. The molecule has 24 heavy (non-hydrogen) atoms. The molecule has 1 atom stereocenters. The van der Waals surface area contributed by atoms with E-state index in [0.717, 1.165) is 17.7 Å². The number of hydrogen-bond acceptors (Lipinski definition) is 6. The topological polar surface area (TPSA) is 102 Å². The second kappa shape index (κ2) is 8.44. The third-order valence-corrected chi connectivity index (χ3v) is 4.28. The van der Waals surface area contributed by atoms with Gasteiger partial charge in [-0.25, -0.2) is 4.79 Å². The van der Waals surface area contributed by atoms with Gasteiger partial charge in [0, 0.05) is 6.04 Å². The molecule has 0 bridgehead atoms. The molecule has 2 aromatic rings. The Morgan fingerprint density at radius 2 is 2.08 bits per heavy atom. The summed E-state index contributed by atoms with van der Waals surface area (Å²) in [5, 5.41) is 17.0. The number of carbonyl (C=O) groups is 2. The van der Waals surface area contributed by atoms with Crippen molar-refractivity contribution in [3.05, 3.63) is 29.8 Å². The van der Waals surface area contributed by atoms with Gasteiger partial charge >= 0.3 is 6.03 Å². The molecule has 0 radical (unpaired) electrons. The van der Waals surface area contributed by atoms with E-state index in [1.165, 1.54) is 11.8 Å². The van der Waals surface area contributed by atoms with Crippen molar-refractivity contribution in [2.24, 2.45) is 0 Å². The largest absolute Gasteiger partial charge is 0.335 e. The maximum Gasteiger partial charge on any atom is 0.321 e. The maximum atomic E-state index is 11.9. The fraction of sp³-hybridized carbons (Fsp3) is 0.400. The Morgan fingerprint density at radius 1 is 1.33 bits per heavy atom. The molecule has 1 heterocycles. The molecule has 0 aliphatic rings. The predicted octanol–water partition coefficient (Wildman–Crippen LogP) is 1.69. The first-order valence-electron chi connectivity index (χ1n) is 7.58. The van der Waals surface area contributed by atoms with Gasteiger partial charge in [-0.15, -0.1) is 5.10 Å². The fourth-order valence-corrected chi connectivity index (χ4v) is 2.56. The van der Waals surface area contributed by atoms with Gasteiger partial charge in [-0.05, 0) is 42.3 Å². The molecule has 9 heteroatoms. The highest BCUT2D eigenvalue weighted by molar-refractivity contribution is 7.99. The molecule has 0 unspecified atom stereocenters. The zero-order valence-electron chi connectivity index (χ0n) is 13.8. The summed E-state index contributed by atoms with van der Waals surface area (Å²) < 4.78 is 1.58. The molecule has 1 aromatic heterocycles. The third-order valence-electron chi connectivity index (χ3n) is 3.36. The molecule has 0 aliphatic heterocycles. The van der Waals surface area contributed by atoms with Crippen LogP contribution in [0.3, 0.4) is 0 Å². The molecule has 8 nitrogen and oxygen atoms in total. The van der Waals surface area contributed by atoms with Gasteiger partial charge in [-0.2, -0.15) is 4.68 Å². The molecule has 2 rings (SSSR count). The summed E-state index contributed by atoms with van der Waals surface area (Å²) in [6.07, 6.45) is 0.793. The Bertz CT molecular complexity index is 717. The van der Waals surface area contributed by atoms with Crippen LogP contribution in [0, 0.1) is 6.92 Å². The summed E-state index contributed by atoms with van der Waals surface area (Å²) in [6.45, 7) is 5.78. The SMILES string of the molecule is CC[C@H](C)NC(=O)NC(=O)CSc1nnnn1-c1ccccc1C. The summed E-state index contributed by atoms with van der Waals surface area (Å²) in [6, 6.07) is 7.20. The Hall–Kier alpha value is -2.42. The van der Waals surface area contributed by atoms with E-state index in [-0.39, 0.29) is 11.8 Å². The quantitative estimate of drug-likeness (QED) is 0.770. The molecule has 2 N–H and O–H groups in total. The van der Waals surface area contributed by atoms with Crippen LogP contribution in [-0.2, 0) is 4.79 Å². The van der Waals surface area contributed by atoms with E-state index >= 15 is 0 Å². The standard InChI is InChI=1S/C15H20N6O2S/c1-4-11(3)16-14(23)17-13(22)9-24-15-18-19-20-21(15)12-8-6-5-7-10(12)2/h5-8,11H,4,9H2,1-3H3,(H2,16,17,22,23)/t11-/m0/s1. The molecular formula is C15H20N6O2S. The smallest absolute Gasteiger partial charge is 0.321 e. The van der Waals surface area contributed by atoms with Gasteiger partial charge in [-0.3, -0.25) is 10.1 Å². The summed E-state index contributed by atoms with van der Waals surface area (Å²) in [4.78, 5) is 23.5. The Morgan fingerprint density at radius 3 is 2.79 bits per heavy atom. The van der Waals surface area contributed by atoms with E-state index in [4.69, 9.17) is 0 Å². The van der Waals surface area contributed by atoms with Crippen molar-refractivity contribution in [1.29, 1.82) is 0 Å². The highest BCUT2D eigenvalue weighted by Gasteiger charge is 2.14. The number of rotatable bonds is 6. The lowest BCUT2D eigenvalue weighted by atomic mass is 10.2. The lowest BCUT2D eigenvalue weighted by molar-refractivity contribution is -0.117. The molecule has 0 aliphatic carbocycles. The molecule has 0 fully saturated rings. The van der Waals surface area contributed by atoms with Crippen molar-refractivity contribution in [3.8, 4) is 5.69 Å². The maximum absolute atomic E-state index is 11.9. The lowest BCUT2D eigenvalue weighted by Gasteiger charge is -2.11. The number of imide groups is 1. The van der Waals surface area contributed by atoms with Crippen LogP contribution < -0.4 is 10.6 Å². The third kappa shape index (κ3) is 4.79. The van der Waals surface area contributed by atoms with Gasteiger partial charge in [-0.1, -0.05) is 36.9 Å². The van der Waals surface area contributed by atoms with E-state index in [9.17, 15) is 9.59 Å². The second-order valence-corrected chi connectivity index (χ2v) is 6.22. The van der Waals surface area contributed by atoms with Gasteiger partial charge < -0.3 is 5.32 Å². The fourth-order valence-electron chi connectivity index (χ4n) is 1.88. The number of benzene rings is 1. The number of thioether (sulfide) groups is 1. The van der Waals surface area contributed by atoms with Crippen molar-refractivity contribution in [2.45, 2.75) is 38.4 Å². The second-order valence-electron chi connectivity index (χ2n) is 5.28.